The Morgan fingerprint density at radius 3 is 3.00 bits per heavy atom. The van der Waals surface area contributed by atoms with Crippen molar-refractivity contribution < 1.29 is 5.21 Å². The second kappa shape index (κ2) is 2.53. The fourth-order valence-electron chi connectivity index (χ4n) is 1.31. The van der Waals surface area contributed by atoms with E-state index in [-0.39, 0.29) is 0 Å². The molecule has 2 N–H and O–H groups in total. The van der Waals surface area contributed by atoms with Gasteiger partial charge in [0.05, 0.1) is 5.69 Å². The maximum absolute atomic E-state index is 9.28. The third-order valence-corrected chi connectivity index (χ3v) is 1.88. The maximum atomic E-state index is 9.28. The van der Waals surface area contributed by atoms with Crippen LogP contribution in [0.4, 0.5) is 5.69 Å². The molecule has 1 aliphatic heterocycles. The van der Waals surface area contributed by atoms with Crippen LogP contribution in [0.5, 0.6) is 0 Å². The number of anilines is 1. The number of hydrazine groups is 1. The number of rotatable bonds is 0. The Hall–Kier alpha value is -1.06. The lowest BCUT2D eigenvalue weighted by atomic mass is 10.1. The molecule has 0 amide bonds. The molecule has 1 heterocycles. The highest BCUT2D eigenvalue weighted by Gasteiger charge is 2.12. The zero-order valence-electron chi connectivity index (χ0n) is 6.12. The van der Waals surface area contributed by atoms with E-state index in [1.54, 1.807) is 0 Å². The smallest absolute Gasteiger partial charge is 0.0852 e. The summed E-state index contributed by atoms with van der Waals surface area (Å²) in [5, 5.41) is 10.4. The van der Waals surface area contributed by atoms with E-state index >= 15 is 0 Å². The van der Waals surface area contributed by atoms with E-state index < -0.39 is 0 Å². The molecule has 0 aliphatic carbocycles. The van der Waals surface area contributed by atoms with Crippen molar-refractivity contribution >= 4 is 5.69 Å². The minimum absolute atomic E-state index is 0.799. The summed E-state index contributed by atoms with van der Waals surface area (Å²) in [4.78, 5) is 0. The topological polar surface area (TPSA) is 35.5 Å². The fraction of sp³-hybridized carbons (Fsp3) is 0.250. The number of benzene rings is 1. The van der Waals surface area contributed by atoms with Crippen LogP contribution in [-0.2, 0) is 6.42 Å². The summed E-state index contributed by atoms with van der Waals surface area (Å²) in [5.41, 5.74) is 4.88. The normalized spacial score (nSPS) is 16.3. The van der Waals surface area contributed by atoms with Crippen LogP contribution in [0.15, 0.2) is 24.3 Å². The molecular formula is C8H10N2O. The minimum atomic E-state index is 0.799. The van der Waals surface area contributed by atoms with Crippen LogP contribution in [0.2, 0.25) is 0 Å². The Balaban J connectivity index is 2.44. The van der Waals surface area contributed by atoms with E-state index in [9.17, 15) is 5.21 Å². The van der Waals surface area contributed by atoms with Gasteiger partial charge in [0.25, 0.3) is 0 Å². The van der Waals surface area contributed by atoms with E-state index in [0.29, 0.717) is 0 Å². The van der Waals surface area contributed by atoms with E-state index in [1.807, 2.05) is 24.3 Å². The van der Waals surface area contributed by atoms with Crippen molar-refractivity contribution in [1.82, 2.24) is 5.43 Å². The van der Waals surface area contributed by atoms with Crippen LogP contribution >= 0.6 is 0 Å². The largest absolute Gasteiger partial charge is 0.273 e. The zero-order chi connectivity index (χ0) is 7.68. The van der Waals surface area contributed by atoms with Crippen molar-refractivity contribution in [3.05, 3.63) is 29.8 Å². The molecule has 0 spiro atoms. The van der Waals surface area contributed by atoms with Gasteiger partial charge in [0, 0.05) is 6.54 Å². The number of para-hydroxylation sites is 1. The van der Waals surface area contributed by atoms with Gasteiger partial charge in [0.1, 0.15) is 0 Å². The van der Waals surface area contributed by atoms with Gasteiger partial charge in [-0.25, -0.2) is 5.43 Å². The molecule has 0 bridgehead atoms. The van der Waals surface area contributed by atoms with Crippen molar-refractivity contribution in [3.8, 4) is 0 Å². The van der Waals surface area contributed by atoms with Crippen molar-refractivity contribution in [2.75, 3.05) is 11.7 Å². The summed E-state index contributed by atoms with van der Waals surface area (Å²) in [7, 11) is 0. The van der Waals surface area contributed by atoms with Crippen molar-refractivity contribution in [2.45, 2.75) is 6.42 Å². The summed E-state index contributed by atoms with van der Waals surface area (Å²) in [5.74, 6) is 0. The van der Waals surface area contributed by atoms with Gasteiger partial charge >= 0.3 is 0 Å². The first-order chi connectivity index (χ1) is 5.38. The van der Waals surface area contributed by atoms with Crippen LogP contribution in [0.25, 0.3) is 0 Å². The van der Waals surface area contributed by atoms with Crippen LogP contribution in [0, 0.1) is 0 Å². The third-order valence-electron chi connectivity index (χ3n) is 1.88. The van der Waals surface area contributed by atoms with Gasteiger partial charge in [-0.1, -0.05) is 18.2 Å². The first-order valence-electron chi connectivity index (χ1n) is 3.68. The Bertz CT molecular complexity index is 262. The highest BCUT2D eigenvalue weighted by molar-refractivity contribution is 5.51. The van der Waals surface area contributed by atoms with Gasteiger partial charge in [-0.15, -0.1) is 0 Å². The van der Waals surface area contributed by atoms with E-state index in [1.165, 1.54) is 5.56 Å². The molecule has 1 aromatic carbocycles. The lowest BCUT2D eigenvalue weighted by molar-refractivity contribution is 0.205. The van der Waals surface area contributed by atoms with E-state index in [0.717, 1.165) is 23.8 Å². The molecule has 0 radical (unpaired) electrons. The van der Waals surface area contributed by atoms with Gasteiger partial charge in [-0.3, -0.25) is 5.21 Å². The third kappa shape index (κ3) is 1.08. The molecular weight excluding hydrogens is 140 g/mol. The fourth-order valence-corrected chi connectivity index (χ4v) is 1.31. The Kier molecular flexibility index (Phi) is 1.52. The lowest BCUT2D eigenvalue weighted by Crippen LogP contribution is -2.40. The molecule has 0 saturated carbocycles. The van der Waals surface area contributed by atoms with Gasteiger partial charge in [0.2, 0.25) is 0 Å². The van der Waals surface area contributed by atoms with Crippen molar-refractivity contribution in [2.24, 2.45) is 0 Å². The highest BCUT2D eigenvalue weighted by atomic mass is 16.5. The van der Waals surface area contributed by atoms with Gasteiger partial charge in [-0.2, -0.15) is 5.17 Å². The van der Waals surface area contributed by atoms with E-state index in [4.69, 9.17) is 0 Å². The first kappa shape index (κ1) is 6.64. The molecule has 3 heteroatoms. The number of hydrogen-bond donors (Lipinski definition) is 2. The predicted octanol–water partition coefficient (Wildman–Crippen LogP) is 0.943. The van der Waals surface area contributed by atoms with Crippen molar-refractivity contribution in [3.63, 3.8) is 0 Å². The van der Waals surface area contributed by atoms with Gasteiger partial charge < -0.3 is 0 Å². The molecule has 2 rings (SSSR count). The molecule has 0 atom stereocenters. The first-order valence-corrected chi connectivity index (χ1v) is 3.68. The van der Waals surface area contributed by atoms with Gasteiger partial charge in [-0.05, 0) is 18.1 Å². The second-order valence-electron chi connectivity index (χ2n) is 2.60. The van der Waals surface area contributed by atoms with Crippen LogP contribution < -0.4 is 10.6 Å². The van der Waals surface area contributed by atoms with Crippen LogP contribution in [0.1, 0.15) is 5.56 Å². The summed E-state index contributed by atoms with van der Waals surface area (Å²) < 4.78 is 0. The Morgan fingerprint density at radius 2 is 2.18 bits per heavy atom. The predicted molar refractivity (Wildman–Crippen MR) is 42.4 cm³/mol. The Morgan fingerprint density at radius 1 is 1.36 bits per heavy atom. The SMILES string of the molecule is ON1NCCc2ccccc21. The molecule has 1 aromatic rings. The van der Waals surface area contributed by atoms with Gasteiger partial charge in [0.15, 0.2) is 0 Å². The molecule has 1 aliphatic rings. The molecule has 11 heavy (non-hydrogen) atoms. The monoisotopic (exact) mass is 150 g/mol. The number of nitrogens with one attached hydrogen (secondary N) is 1. The zero-order valence-corrected chi connectivity index (χ0v) is 6.12. The molecule has 0 fully saturated rings. The van der Waals surface area contributed by atoms with Crippen LogP contribution in [0.3, 0.4) is 0 Å². The molecule has 0 unspecified atom stereocenters. The van der Waals surface area contributed by atoms with Crippen LogP contribution in [-0.4, -0.2) is 11.8 Å². The highest BCUT2D eigenvalue weighted by Crippen LogP contribution is 2.20. The van der Waals surface area contributed by atoms with E-state index in [2.05, 4.69) is 5.43 Å². The quantitative estimate of drug-likeness (QED) is 0.577. The molecule has 0 aromatic heterocycles. The number of fused-ring (bicyclic) bond motifs is 1. The summed E-state index contributed by atoms with van der Waals surface area (Å²) in [6, 6.07) is 7.81. The molecule has 58 valence electrons. The standard InChI is InChI=1S/C8H10N2O/c11-10-8-4-2-1-3-7(8)5-6-9-10/h1-4,9,11H,5-6H2. The second-order valence-corrected chi connectivity index (χ2v) is 2.60. The number of nitrogens with zero attached hydrogens (tertiary/aromatic N) is 1. The lowest BCUT2D eigenvalue weighted by Gasteiger charge is -2.25. The van der Waals surface area contributed by atoms with Crippen molar-refractivity contribution in [1.29, 1.82) is 0 Å². The minimum Gasteiger partial charge on any atom is -0.273 e. The average molecular weight is 150 g/mol. The number of hydrogen-bond acceptors (Lipinski definition) is 3. The summed E-state index contributed by atoms with van der Waals surface area (Å²) in [6.07, 6.45) is 0.979. The summed E-state index contributed by atoms with van der Waals surface area (Å²) in [6.45, 7) is 0.799. The molecule has 3 nitrogen and oxygen atoms in total. The average Bonchev–Trinajstić information content (AvgIpc) is 2.06. The Labute approximate surface area is 65.2 Å². The molecule has 0 saturated heterocycles. The maximum Gasteiger partial charge on any atom is 0.0852 e. The summed E-state index contributed by atoms with van der Waals surface area (Å²) >= 11 is 0.